The molecule has 0 bridgehead atoms. The first-order valence-electron chi connectivity index (χ1n) is 9.24. The quantitative estimate of drug-likeness (QED) is 0.635. The van der Waals surface area contributed by atoms with E-state index < -0.39 is 0 Å². The fourth-order valence-corrected chi connectivity index (χ4v) is 3.18. The molecule has 0 fully saturated rings. The first kappa shape index (κ1) is 18.2. The molecule has 7 heteroatoms. The second-order valence-electron chi connectivity index (χ2n) is 6.52. The summed E-state index contributed by atoms with van der Waals surface area (Å²) in [7, 11) is 3.73. The number of nitrogens with one attached hydrogen (secondary N) is 1. The Morgan fingerprint density at radius 3 is 2.81 bits per heavy atom. The molecule has 1 N–H and O–H groups in total. The SMILES string of the molecule is CCNC(=NCc1nnc2n1CCCC2)N(C)Cc1ccc(OC)cc1. The maximum absolute atomic E-state index is 5.22. The second-order valence-corrected chi connectivity index (χ2v) is 6.52. The minimum atomic E-state index is 0.544. The van der Waals surface area contributed by atoms with Gasteiger partial charge in [0.05, 0.1) is 7.11 Å². The average Bonchev–Trinajstić information content (AvgIpc) is 3.09. The summed E-state index contributed by atoms with van der Waals surface area (Å²) in [6, 6.07) is 8.12. The van der Waals surface area contributed by atoms with Crippen LogP contribution in [-0.4, -0.2) is 46.3 Å². The van der Waals surface area contributed by atoms with Crippen LogP contribution in [0.1, 0.15) is 37.0 Å². The van der Waals surface area contributed by atoms with Crippen molar-refractivity contribution in [1.29, 1.82) is 0 Å². The molecular formula is C19H28N6O. The summed E-state index contributed by atoms with van der Waals surface area (Å²) in [5.74, 6) is 3.79. The first-order chi connectivity index (χ1) is 12.7. The maximum atomic E-state index is 5.22. The van der Waals surface area contributed by atoms with Gasteiger partial charge in [-0.1, -0.05) is 12.1 Å². The highest BCUT2D eigenvalue weighted by atomic mass is 16.5. The minimum Gasteiger partial charge on any atom is -0.497 e. The van der Waals surface area contributed by atoms with Gasteiger partial charge in [-0.25, -0.2) is 4.99 Å². The van der Waals surface area contributed by atoms with Gasteiger partial charge < -0.3 is 19.5 Å². The van der Waals surface area contributed by atoms with E-state index in [2.05, 4.69) is 44.0 Å². The molecular weight excluding hydrogens is 328 g/mol. The number of guanidine groups is 1. The summed E-state index contributed by atoms with van der Waals surface area (Å²) in [5.41, 5.74) is 1.21. The third-order valence-corrected chi connectivity index (χ3v) is 4.58. The number of methoxy groups -OCH3 is 1. The Hall–Kier alpha value is -2.57. The van der Waals surface area contributed by atoms with E-state index >= 15 is 0 Å². The number of benzene rings is 1. The van der Waals surface area contributed by atoms with E-state index in [1.807, 2.05) is 19.2 Å². The Morgan fingerprint density at radius 1 is 1.27 bits per heavy atom. The molecule has 1 aliphatic rings. The van der Waals surface area contributed by atoms with Crippen molar-refractivity contribution in [3.8, 4) is 5.75 Å². The summed E-state index contributed by atoms with van der Waals surface area (Å²) in [6.45, 7) is 5.22. The van der Waals surface area contributed by atoms with Gasteiger partial charge in [-0.05, 0) is 37.5 Å². The Labute approximate surface area is 155 Å². The van der Waals surface area contributed by atoms with Gasteiger partial charge in [0.1, 0.15) is 18.1 Å². The van der Waals surface area contributed by atoms with Crippen molar-refractivity contribution in [2.45, 2.75) is 45.8 Å². The second kappa shape index (κ2) is 8.69. The van der Waals surface area contributed by atoms with Crippen LogP contribution in [0.25, 0.3) is 0 Å². The summed E-state index contributed by atoms with van der Waals surface area (Å²) in [6.07, 6.45) is 3.42. The Kier molecular flexibility index (Phi) is 6.09. The number of fused-ring (bicyclic) bond motifs is 1. The first-order valence-corrected chi connectivity index (χ1v) is 9.24. The van der Waals surface area contributed by atoms with Crippen LogP contribution in [0, 0.1) is 0 Å². The predicted octanol–water partition coefficient (Wildman–Crippen LogP) is 2.22. The van der Waals surface area contributed by atoms with Gasteiger partial charge in [0, 0.05) is 33.1 Å². The molecule has 0 saturated carbocycles. The topological polar surface area (TPSA) is 67.6 Å². The highest BCUT2D eigenvalue weighted by molar-refractivity contribution is 5.79. The molecule has 0 aliphatic carbocycles. The van der Waals surface area contributed by atoms with E-state index in [0.717, 1.165) is 49.4 Å². The number of nitrogens with zero attached hydrogens (tertiary/aromatic N) is 5. The maximum Gasteiger partial charge on any atom is 0.194 e. The molecule has 0 saturated heterocycles. The van der Waals surface area contributed by atoms with Gasteiger partial charge in [0.25, 0.3) is 0 Å². The van der Waals surface area contributed by atoms with E-state index in [1.54, 1.807) is 7.11 Å². The molecule has 7 nitrogen and oxygen atoms in total. The largest absolute Gasteiger partial charge is 0.497 e. The number of aromatic nitrogens is 3. The van der Waals surface area contributed by atoms with Crippen LogP contribution in [0.3, 0.4) is 0 Å². The standard InChI is InChI=1S/C19H28N6O/c1-4-20-19(24(2)14-15-8-10-16(26-3)11-9-15)21-13-18-23-22-17-7-5-6-12-25(17)18/h8-11H,4-7,12-14H2,1-3H3,(H,20,21). The van der Waals surface area contributed by atoms with Crippen molar-refractivity contribution in [1.82, 2.24) is 25.0 Å². The fourth-order valence-electron chi connectivity index (χ4n) is 3.18. The van der Waals surface area contributed by atoms with Gasteiger partial charge in [0.2, 0.25) is 0 Å². The van der Waals surface area contributed by atoms with Gasteiger partial charge in [-0.15, -0.1) is 10.2 Å². The molecule has 3 rings (SSSR count). The zero-order valence-corrected chi connectivity index (χ0v) is 15.9. The number of hydrogen-bond acceptors (Lipinski definition) is 4. The smallest absolute Gasteiger partial charge is 0.194 e. The van der Waals surface area contributed by atoms with Crippen LogP contribution >= 0.6 is 0 Å². The van der Waals surface area contributed by atoms with E-state index in [4.69, 9.17) is 9.73 Å². The zero-order chi connectivity index (χ0) is 18.4. The molecule has 1 aliphatic heterocycles. The fraction of sp³-hybridized carbons (Fsp3) is 0.526. The van der Waals surface area contributed by atoms with Crippen LogP contribution in [0.5, 0.6) is 5.75 Å². The van der Waals surface area contributed by atoms with Crippen LogP contribution in [-0.2, 0) is 26.1 Å². The number of ether oxygens (including phenoxy) is 1. The molecule has 1 aromatic carbocycles. The third kappa shape index (κ3) is 4.33. The van der Waals surface area contributed by atoms with Crippen LogP contribution in [0.2, 0.25) is 0 Å². The molecule has 1 aromatic heterocycles. The minimum absolute atomic E-state index is 0.544. The van der Waals surface area contributed by atoms with E-state index in [9.17, 15) is 0 Å². The summed E-state index contributed by atoms with van der Waals surface area (Å²) in [5, 5.41) is 12.0. The van der Waals surface area contributed by atoms with Crippen molar-refractivity contribution < 1.29 is 4.74 Å². The molecule has 0 radical (unpaired) electrons. The van der Waals surface area contributed by atoms with Crippen molar-refractivity contribution in [3.05, 3.63) is 41.5 Å². The van der Waals surface area contributed by atoms with E-state index in [1.165, 1.54) is 18.4 Å². The molecule has 2 heterocycles. The third-order valence-electron chi connectivity index (χ3n) is 4.58. The Morgan fingerprint density at radius 2 is 2.08 bits per heavy atom. The van der Waals surface area contributed by atoms with Crippen molar-refractivity contribution in [3.63, 3.8) is 0 Å². The molecule has 140 valence electrons. The molecule has 26 heavy (non-hydrogen) atoms. The lowest BCUT2D eigenvalue weighted by molar-refractivity contribution is 0.414. The van der Waals surface area contributed by atoms with Gasteiger partial charge in [0.15, 0.2) is 11.8 Å². The van der Waals surface area contributed by atoms with Gasteiger partial charge in [-0.3, -0.25) is 0 Å². The molecule has 0 spiro atoms. The average molecular weight is 356 g/mol. The lowest BCUT2D eigenvalue weighted by Gasteiger charge is -2.22. The highest BCUT2D eigenvalue weighted by Crippen LogP contribution is 2.15. The van der Waals surface area contributed by atoms with E-state index in [0.29, 0.717) is 6.54 Å². The van der Waals surface area contributed by atoms with Crippen LogP contribution in [0.4, 0.5) is 0 Å². The number of aryl methyl sites for hydroxylation is 1. The monoisotopic (exact) mass is 356 g/mol. The Balaban J connectivity index is 1.68. The van der Waals surface area contributed by atoms with Crippen LogP contribution in [0.15, 0.2) is 29.3 Å². The van der Waals surface area contributed by atoms with Gasteiger partial charge >= 0.3 is 0 Å². The summed E-state index contributed by atoms with van der Waals surface area (Å²) in [4.78, 5) is 6.90. The summed E-state index contributed by atoms with van der Waals surface area (Å²) < 4.78 is 7.44. The Bertz CT molecular complexity index is 737. The van der Waals surface area contributed by atoms with Crippen molar-refractivity contribution in [2.24, 2.45) is 4.99 Å². The lowest BCUT2D eigenvalue weighted by atomic mass is 10.2. The number of hydrogen-bond donors (Lipinski definition) is 1. The summed E-state index contributed by atoms with van der Waals surface area (Å²) >= 11 is 0. The predicted molar refractivity (Wildman–Crippen MR) is 102 cm³/mol. The molecule has 0 unspecified atom stereocenters. The van der Waals surface area contributed by atoms with Gasteiger partial charge in [-0.2, -0.15) is 0 Å². The van der Waals surface area contributed by atoms with E-state index in [-0.39, 0.29) is 0 Å². The molecule has 0 atom stereocenters. The van der Waals surface area contributed by atoms with Crippen molar-refractivity contribution >= 4 is 5.96 Å². The lowest BCUT2D eigenvalue weighted by Crippen LogP contribution is -2.38. The molecule has 2 aromatic rings. The van der Waals surface area contributed by atoms with Crippen molar-refractivity contribution in [2.75, 3.05) is 20.7 Å². The highest BCUT2D eigenvalue weighted by Gasteiger charge is 2.15. The number of rotatable bonds is 6. The van der Waals surface area contributed by atoms with Crippen LogP contribution < -0.4 is 10.1 Å². The normalized spacial score (nSPS) is 14.0. The number of aliphatic imine (C=N–C) groups is 1. The molecule has 0 amide bonds. The zero-order valence-electron chi connectivity index (χ0n) is 15.9.